The number of hydrogen-bond acceptors (Lipinski definition) is 5. The van der Waals surface area contributed by atoms with Crippen molar-refractivity contribution in [3.8, 4) is 5.75 Å². The standard InChI is InChI=1S/C25H24N2O5/c28-22-14-16(15-26(22)17-6-2-1-3-7-17)25(31)32-19-12-10-18(11-13-19)27-23(29)20-8-4-5-9-21(20)24(27)30/h1-3,6-7,10-13,16,20-21H,4-5,8-9,14-15H2/t16-,20-,21+/m0/s1. The molecule has 0 unspecified atom stereocenters. The van der Waals surface area contributed by atoms with Crippen LogP contribution in [0.15, 0.2) is 54.6 Å². The fourth-order valence-corrected chi connectivity index (χ4v) is 5.00. The largest absolute Gasteiger partial charge is 0.426 e. The van der Waals surface area contributed by atoms with E-state index in [-0.39, 0.29) is 42.5 Å². The fraction of sp³-hybridized carbons (Fsp3) is 0.360. The Morgan fingerprint density at radius 3 is 2.06 bits per heavy atom. The third-order valence-electron chi connectivity index (χ3n) is 6.68. The van der Waals surface area contributed by atoms with Gasteiger partial charge in [0.05, 0.1) is 23.4 Å². The van der Waals surface area contributed by atoms with Gasteiger partial charge in [0.1, 0.15) is 5.75 Å². The van der Waals surface area contributed by atoms with E-state index in [0.29, 0.717) is 11.4 Å². The molecule has 3 amide bonds. The highest BCUT2D eigenvalue weighted by atomic mass is 16.5. The number of carbonyl (C=O) groups is 4. The number of anilines is 2. The average molecular weight is 432 g/mol. The van der Waals surface area contributed by atoms with Gasteiger partial charge in [0.15, 0.2) is 0 Å². The smallest absolute Gasteiger partial charge is 0.316 e. The second-order valence-electron chi connectivity index (χ2n) is 8.67. The maximum absolute atomic E-state index is 12.7. The summed E-state index contributed by atoms with van der Waals surface area (Å²) >= 11 is 0. The van der Waals surface area contributed by atoms with Gasteiger partial charge in [-0.1, -0.05) is 31.0 Å². The third-order valence-corrected chi connectivity index (χ3v) is 6.68. The van der Waals surface area contributed by atoms with Gasteiger partial charge in [-0.05, 0) is 49.2 Å². The van der Waals surface area contributed by atoms with Crippen LogP contribution in [0.5, 0.6) is 5.75 Å². The summed E-state index contributed by atoms with van der Waals surface area (Å²) in [6, 6.07) is 15.7. The number of ether oxygens (including phenoxy) is 1. The number of esters is 1. The molecule has 32 heavy (non-hydrogen) atoms. The van der Waals surface area contributed by atoms with Crippen LogP contribution in [-0.2, 0) is 19.2 Å². The summed E-state index contributed by atoms with van der Waals surface area (Å²) in [7, 11) is 0. The third kappa shape index (κ3) is 3.57. The summed E-state index contributed by atoms with van der Waals surface area (Å²) in [4.78, 5) is 53.4. The van der Waals surface area contributed by atoms with Crippen LogP contribution >= 0.6 is 0 Å². The molecule has 7 nitrogen and oxygen atoms in total. The number of rotatable bonds is 4. The molecular weight excluding hydrogens is 408 g/mol. The first kappa shape index (κ1) is 20.4. The van der Waals surface area contributed by atoms with E-state index in [1.165, 1.54) is 4.90 Å². The molecule has 2 heterocycles. The molecule has 2 aliphatic heterocycles. The van der Waals surface area contributed by atoms with E-state index >= 15 is 0 Å². The Hall–Kier alpha value is -3.48. The molecule has 7 heteroatoms. The molecule has 2 aromatic rings. The molecule has 3 aliphatic rings. The summed E-state index contributed by atoms with van der Waals surface area (Å²) < 4.78 is 5.49. The van der Waals surface area contributed by atoms with E-state index in [0.717, 1.165) is 31.4 Å². The number of para-hydroxylation sites is 1. The van der Waals surface area contributed by atoms with Crippen LogP contribution in [0, 0.1) is 17.8 Å². The van der Waals surface area contributed by atoms with Crippen molar-refractivity contribution in [3.05, 3.63) is 54.6 Å². The first-order chi connectivity index (χ1) is 15.5. The van der Waals surface area contributed by atoms with Gasteiger partial charge in [-0.3, -0.25) is 24.1 Å². The molecule has 0 bridgehead atoms. The Labute approximate surface area is 185 Å². The van der Waals surface area contributed by atoms with Gasteiger partial charge >= 0.3 is 5.97 Å². The Balaban J connectivity index is 1.24. The zero-order chi connectivity index (χ0) is 22.2. The van der Waals surface area contributed by atoms with Crippen LogP contribution in [0.1, 0.15) is 32.1 Å². The molecule has 3 atom stereocenters. The first-order valence-electron chi connectivity index (χ1n) is 11.1. The number of amides is 3. The SMILES string of the molecule is O=C(Oc1ccc(N2C(=O)[C@H]3CCCC[C@H]3C2=O)cc1)[C@H]1CC(=O)N(c2ccccc2)C1. The van der Waals surface area contributed by atoms with Crippen LogP contribution in [0.25, 0.3) is 0 Å². The van der Waals surface area contributed by atoms with Gasteiger partial charge in [-0.25, -0.2) is 0 Å². The minimum absolute atomic E-state index is 0.103. The maximum atomic E-state index is 12.7. The summed E-state index contributed by atoms with van der Waals surface area (Å²) in [5.74, 6) is -1.48. The lowest BCUT2D eigenvalue weighted by Gasteiger charge is -2.19. The molecule has 0 aromatic heterocycles. The van der Waals surface area contributed by atoms with Crippen molar-refractivity contribution < 1.29 is 23.9 Å². The average Bonchev–Trinajstić information content (AvgIpc) is 3.33. The lowest BCUT2D eigenvalue weighted by atomic mass is 9.81. The number of benzene rings is 2. The molecule has 1 aliphatic carbocycles. The Morgan fingerprint density at radius 1 is 0.812 bits per heavy atom. The number of fused-ring (bicyclic) bond motifs is 1. The predicted molar refractivity (Wildman–Crippen MR) is 117 cm³/mol. The van der Waals surface area contributed by atoms with Crippen molar-refractivity contribution in [2.24, 2.45) is 17.8 Å². The van der Waals surface area contributed by atoms with E-state index in [2.05, 4.69) is 0 Å². The van der Waals surface area contributed by atoms with Crippen molar-refractivity contribution in [1.82, 2.24) is 0 Å². The lowest BCUT2D eigenvalue weighted by Crippen LogP contribution is -2.30. The second kappa shape index (κ2) is 8.22. The van der Waals surface area contributed by atoms with E-state index in [9.17, 15) is 19.2 Å². The molecule has 0 N–H and O–H groups in total. The molecule has 1 saturated carbocycles. The topological polar surface area (TPSA) is 84.0 Å². The fourth-order valence-electron chi connectivity index (χ4n) is 5.00. The van der Waals surface area contributed by atoms with Crippen LogP contribution in [-0.4, -0.2) is 30.2 Å². The second-order valence-corrected chi connectivity index (χ2v) is 8.67. The van der Waals surface area contributed by atoms with E-state index in [1.54, 1.807) is 29.2 Å². The van der Waals surface area contributed by atoms with Crippen molar-refractivity contribution >= 4 is 35.1 Å². The maximum Gasteiger partial charge on any atom is 0.316 e. The normalized spacial score (nSPS) is 25.2. The van der Waals surface area contributed by atoms with Gasteiger partial charge in [0, 0.05) is 18.7 Å². The molecule has 164 valence electrons. The summed E-state index contributed by atoms with van der Waals surface area (Å²) in [5.41, 5.74) is 1.26. The van der Waals surface area contributed by atoms with Gasteiger partial charge < -0.3 is 9.64 Å². The van der Waals surface area contributed by atoms with Crippen molar-refractivity contribution in [3.63, 3.8) is 0 Å². The van der Waals surface area contributed by atoms with Crippen LogP contribution in [0.2, 0.25) is 0 Å². The molecule has 5 rings (SSSR count). The van der Waals surface area contributed by atoms with E-state index in [1.807, 2.05) is 30.3 Å². The molecule has 3 fully saturated rings. The molecule has 2 saturated heterocycles. The zero-order valence-electron chi connectivity index (χ0n) is 17.6. The molecule has 0 spiro atoms. The van der Waals surface area contributed by atoms with Crippen LogP contribution in [0.3, 0.4) is 0 Å². The number of carbonyl (C=O) groups excluding carboxylic acids is 4. The van der Waals surface area contributed by atoms with Gasteiger partial charge in [0.2, 0.25) is 17.7 Å². The molecular formula is C25H24N2O5. The summed E-state index contributed by atoms with van der Waals surface area (Å²) in [6.45, 7) is 0.277. The Kier molecular flexibility index (Phi) is 5.25. The zero-order valence-corrected chi connectivity index (χ0v) is 17.6. The van der Waals surface area contributed by atoms with Crippen LogP contribution in [0.4, 0.5) is 11.4 Å². The highest BCUT2D eigenvalue weighted by molar-refractivity contribution is 6.22. The first-order valence-corrected chi connectivity index (χ1v) is 11.1. The molecule has 2 aromatic carbocycles. The summed E-state index contributed by atoms with van der Waals surface area (Å²) in [5, 5.41) is 0. The van der Waals surface area contributed by atoms with E-state index < -0.39 is 11.9 Å². The van der Waals surface area contributed by atoms with Crippen molar-refractivity contribution in [2.75, 3.05) is 16.3 Å². The minimum atomic E-state index is -0.549. The van der Waals surface area contributed by atoms with E-state index in [4.69, 9.17) is 4.74 Å². The Bertz CT molecular complexity index is 1040. The molecule has 0 radical (unpaired) electrons. The Morgan fingerprint density at radius 2 is 1.44 bits per heavy atom. The quantitative estimate of drug-likeness (QED) is 0.420. The lowest BCUT2D eigenvalue weighted by molar-refractivity contribution is -0.139. The van der Waals surface area contributed by atoms with Gasteiger partial charge in [0.25, 0.3) is 0 Å². The van der Waals surface area contributed by atoms with Crippen molar-refractivity contribution in [2.45, 2.75) is 32.1 Å². The monoisotopic (exact) mass is 432 g/mol. The number of nitrogens with zero attached hydrogens (tertiary/aromatic N) is 2. The number of imide groups is 1. The van der Waals surface area contributed by atoms with Gasteiger partial charge in [-0.2, -0.15) is 0 Å². The number of hydrogen-bond donors (Lipinski definition) is 0. The minimum Gasteiger partial charge on any atom is -0.426 e. The summed E-state index contributed by atoms with van der Waals surface area (Å²) in [6.07, 6.45) is 3.59. The predicted octanol–water partition coefficient (Wildman–Crippen LogP) is 3.32. The van der Waals surface area contributed by atoms with Gasteiger partial charge in [-0.15, -0.1) is 0 Å². The highest BCUT2D eigenvalue weighted by Crippen LogP contribution is 2.40. The highest BCUT2D eigenvalue weighted by Gasteiger charge is 2.48. The van der Waals surface area contributed by atoms with Crippen LogP contribution < -0.4 is 14.5 Å². The van der Waals surface area contributed by atoms with Crippen molar-refractivity contribution in [1.29, 1.82) is 0 Å².